The molecule has 1 aromatic heterocycles. The fourth-order valence-electron chi connectivity index (χ4n) is 4.16. The van der Waals surface area contributed by atoms with Gasteiger partial charge in [0, 0.05) is 19.5 Å². The average molecular weight is 583 g/mol. The van der Waals surface area contributed by atoms with E-state index in [0.717, 1.165) is 10.5 Å². The topological polar surface area (TPSA) is 119 Å². The van der Waals surface area contributed by atoms with Crippen LogP contribution in [0.15, 0.2) is 48.7 Å². The quantitative estimate of drug-likeness (QED) is 0.406. The van der Waals surface area contributed by atoms with Crippen molar-refractivity contribution in [2.75, 3.05) is 22.9 Å². The van der Waals surface area contributed by atoms with Gasteiger partial charge in [0.1, 0.15) is 28.7 Å². The van der Waals surface area contributed by atoms with E-state index < -0.39 is 41.1 Å². The Bertz CT molecular complexity index is 1250. The minimum Gasteiger partial charge on any atom is -0.444 e. The molecule has 1 atom stereocenters. The van der Waals surface area contributed by atoms with E-state index >= 15 is 0 Å². The molecule has 2 aromatic rings. The van der Waals surface area contributed by atoms with Gasteiger partial charge >= 0.3 is 18.3 Å². The van der Waals surface area contributed by atoms with Crippen LogP contribution in [0, 0.1) is 0 Å². The first-order chi connectivity index (χ1) is 19.3. The molecule has 4 amide bonds. The zero-order valence-corrected chi connectivity index (χ0v) is 26.0. The summed E-state index contributed by atoms with van der Waals surface area (Å²) in [5.74, 6) is -0.329. The Labute approximate surface area is 247 Å². The molecule has 1 aromatic carbocycles. The number of nitrogens with zero attached hydrogens (tertiary/aromatic N) is 4. The van der Waals surface area contributed by atoms with Crippen molar-refractivity contribution >= 4 is 35.7 Å². The van der Waals surface area contributed by atoms with Crippen LogP contribution in [0.2, 0.25) is 0 Å². The summed E-state index contributed by atoms with van der Waals surface area (Å²) < 4.78 is 16.5. The van der Waals surface area contributed by atoms with E-state index in [1.54, 1.807) is 68.4 Å². The Morgan fingerprint density at radius 1 is 0.810 bits per heavy atom. The van der Waals surface area contributed by atoms with Crippen molar-refractivity contribution in [2.45, 2.75) is 91.6 Å². The number of hydrogen-bond donors (Lipinski definition) is 0. The summed E-state index contributed by atoms with van der Waals surface area (Å²) in [7, 11) is 0. The Hall–Kier alpha value is -4.15. The zero-order valence-electron chi connectivity index (χ0n) is 26.0. The standard InChI is InChI=1S/C31H42N4O7/c1-29(2,3)40-26(37)34-18-17-33(25(36)23(34)19-21-13-11-10-12-14-21)22-15-16-24(32-20-22)35(27(38)41-30(4,5)6)28(39)42-31(7,8)9/h10-16,20,23H,17-19H2,1-9H3. The maximum Gasteiger partial charge on any atom is 0.425 e. The molecule has 1 saturated heterocycles. The van der Waals surface area contributed by atoms with Crippen LogP contribution >= 0.6 is 0 Å². The van der Waals surface area contributed by atoms with Crippen molar-refractivity contribution in [3.63, 3.8) is 0 Å². The summed E-state index contributed by atoms with van der Waals surface area (Å²) in [6, 6.07) is 11.7. The molecule has 3 rings (SSSR count). The lowest BCUT2D eigenvalue weighted by molar-refractivity contribution is -0.125. The van der Waals surface area contributed by atoms with Crippen LogP contribution in [0.4, 0.5) is 25.9 Å². The number of benzene rings is 1. The molecule has 42 heavy (non-hydrogen) atoms. The van der Waals surface area contributed by atoms with Crippen molar-refractivity contribution in [3.8, 4) is 0 Å². The number of piperazine rings is 1. The highest BCUT2D eigenvalue weighted by atomic mass is 16.6. The summed E-state index contributed by atoms with van der Waals surface area (Å²) in [6.07, 6.45) is -0.747. The molecular formula is C31H42N4O7. The first-order valence-electron chi connectivity index (χ1n) is 13.9. The Morgan fingerprint density at radius 3 is 1.83 bits per heavy atom. The molecule has 11 nitrogen and oxygen atoms in total. The third kappa shape index (κ3) is 8.92. The molecule has 0 saturated carbocycles. The summed E-state index contributed by atoms with van der Waals surface area (Å²) in [4.78, 5) is 61.0. The monoisotopic (exact) mass is 582 g/mol. The van der Waals surface area contributed by atoms with Crippen LogP contribution in [-0.4, -0.2) is 70.0 Å². The minimum absolute atomic E-state index is 0.0251. The number of hydrogen-bond acceptors (Lipinski definition) is 8. The molecule has 228 valence electrons. The SMILES string of the molecule is CC(C)(C)OC(=O)N(C(=O)OC(C)(C)C)c1ccc(N2CCN(C(=O)OC(C)(C)C)C(Cc3ccccc3)C2=O)cn1. The number of imide groups is 1. The van der Waals surface area contributed by atoms with E-state index in [0.29, 0.717) is 12.1 Å². The van der Waals surface area contributed by atoms with Crippen molar-refractivity contribution in [3.05, 3.63) is 54.2 Å². The first kappa shape index (κ1) is 32.4. The van der Waals surface area contributed by atoms with Gasteiger partial charge in [0.15, 0.2) is 0 Å². The zero-order chi connectivity index (χ0) is 31.5. The van der Waals surface area contributed by atoms with E-state index in [4.69, 9.17) is 14.2 Å². The second-order valence-corrected chi connectivity index (χ2v) is 13.0. The fraction of sp³-hybridized carbons (Fsp3) is 0.516. The highest BCUT2D eigenvalue weighted by Crippen LogP contribution is 2.27. The fourth-order valence-corrected chi connectivity index (χ4v) is 4.16. The Morgan fingerprint density at radius 2 is 1.36 bits per heavy atom. The molecule has 0 N–H and O–H groups in total. The van der Waals surface area contributed by atoms with Crippen molar-refractivity contribution < 1.29 is 33.4 Å². The summed E-state index contributed by atoms with van der Waals surface area (Å²) in [6.45, 7) is 15.9. The molecule has 2 heterocycles. The van der Waals surface area contributed by atoms with E-state index in [1.807, 2.05) is 30.3 Å². The first-order valence-corrected chi connectivity index (χ1v) is 13.9. The number of anilines is 2. The maximum atomic E-state index is 13.8. The van der Waals surface area contributed by atoms with Crippen molar-refractivity contribution in [2.24, 2.45) is 0 Å². The lowest BCUT2D eigenvalue weighted by atomic mass is 10.0. The smallest absolute Gasteiger partial charge is 0.425 e. The number of rotatable bonds is 4. The van der Waals surface area contributed by atoms with Crippen molar-refractivity contribution in [1.82, 2.24) is 9.88 Å². The molecule has 0 bridgehead atoms. The van der Waals surface area contributed by atoms with Gasteiger partial charge in [0.2, 0.25) is 5.91 Å². The molecule has 0 aliphatic carbocycles. The van der Waals surface area contributed by atoms with E-state index in [9.17, 15) is 19.2 Å². The molecule has 1 fully saturated rings. The number of amides is 4. The number of aromatic nitrogens is 1. The Kier molecular flexibility index (Phi) is 9.54. The Balaban J connectivity index is 1.91. The van der Waals surface area contributed by atoms with Crippen LogP contribution in [0.5, 0.6) is 0 Å². The lowest BCUT2D eigenvalue weighted by Crippen LogP contribution is -2.60. The molecule has 1 aliphatic rings. The predicted octanol–water partition coefficient (Wildman–Crippen LogP) is 5.95. The van der Waals surface area contributed by atoms with Gasteiger partial charge in [-0.05, 0) is 80.0 Å². The van der Waals surface area contributed by atoms with E-state index in [-0.39, 0.29) is 24.8 Å². The highest BCUT2D eigenvalue weighted by Gasteiger charge is 2.40. The molecule has 11 heteroatoms. The summed E-state index contributed by atoms with van der Waals surface area (Å²) in [5.41, 5.74) is -1.12. The van der Waals surface area contributed by atoms with Gasteiger partial charge in [-0.3, -0.25) is 9.69 Å². The van der Waals surface area contributed by atoms with E-state index in [2.05, 4.69) is 4.98 Å². The van der Waals surface area contributed by atoms with E-state index in [1.165, 1.54) is 22.1 Å². The normalized spacial score (nSPS) is 16.1. The largest absolute Gasteiger partial charge is 0.444 e. The summed E-state index contributed by atoms with van der Waals surface area (Å²) in [5, 5.41) is 0. The van der Waals surface area contributed by atoms with Gasteiger partial charge in [-0.25, -0.2) is 19.4 Å². The molecule has 1 aliphatic heterocycles. The molecule has 0 radical (unpaired) electrons. The van der Waals surface area contributed by atoms with Crippen molar-refractivity contribution in [1.29, 1.82) is 0 Å². The van der Waals surface area contributed by atoms with Crippen LogP contribution < -0.4 is 9.80 Å². The van der Waals surface area contributed by atoms with Crippen LogP contribution in [0.1, 0.15) is 67.9 Å². The van der Waals surface area contributed by atoms with Crippen LogP contribution in [0.25, 0.3) is 0 Å². The van der Waals surface area contributed by atoms with Gasteiger partial charge in [0.25, 0.3) is 0 Å². The molecule has 1 unspecified atom stereocenters. The van der Waals surface area contributed by atoms with Crippen LogP contribution in [-0.2, 0) is 25.4 Å². The number of carbonyl (C=O) groups is 4. The van der Waals surface area contributed by atoms with Gasteiger partial charge in [-0.15, -0.1) is 0 Å². The third-order valence-corrected chi connectivity index (χ3v) is 5.82. The number of carbonyl (C=O) groups excluding carboxylic acids is 4. The van der Waals surface area contributed by atoms with Crippen LogP contribution in [0.3, 0.4) is 0 Å². The highest BCUT2D eigenvalue weighted by molar-refractivity contribution is 6.09. The second-order valence-electron chi connectivity index (χ2n) is 13.0. The average Bonchev–Trinajstić information content (AvgIpc) is 2.83. The lowest BCUT2D eigenvalue weighted by Gasteiger charge is -2.41. The molecular weight excluding hydrogens is 540 g/mol. The predicted molar refractivity (Wildman–Crippen MR) is 158 cm³/mol. The summed E-state index contributed by atoms with van der Waals surface area (Å²) >= 11 is 0. The third-order valence-electron chi connectivity index (χ3n) is 5.82. The van der Waals surface area contributed by atoms with Gasteiger partial charge in [-0.2, -0.15) is 4.90 Å². The number of pyridine rings is 1. The second kappa shape index (κ2) is 12.4. The van der Waals surface area contributed by atoms with Gasteiger partial charge < -0.3 is 19.1 Å². The molecule has 0 spiro atoms. The van der Waals surface area contributed by atoms with Gasteiger partial charge in [-0.1, -0.05) is 30.3 Å². The minimum atomic E-state index is -0.943. The maximum absolute atomic E-state index is 13.8. The number of ether oxygens (including phenoxy) is 3. The van der Waals surface area contributed by atoms with Gasteiger partial charge in [0.05, 0.1) is 11.9 Å².